The SMILES string of the molecule is CC1(C)C[C@H]2C[C@](C)(CN2C(=O)c2cnn3c(C(F)F)cc(-c4ccccc4)nc23)C1. The number of amides is 1. The second kappa shape index (κ2) is 6.84. The van der Waals surface area contributed by atoms with Gasteiger partial charge in [-0.3, -0.25) is 4.79 Å². The van der Waals surface area contributed by atoms with Crippen molar-refractivity contribution in [2.45, 2.75) is 52.5 Å². The van der Waals surface area contributed by atoms with Gasteiger partial charge in [0, 0.05) is 18.2 Å². The van der Waals surface area contributed by atoms with Crippen molar-refractivity contribution in [3.63, 3.8) is 0 Å². The van der Waals surface area contributed by atoms with Gasteiger partial charge in [-0.05, 0) is 36.2 Å². The van der Waals surface area contributed by atoms with E-state index in [1.54, 1.807) is 0 Å². The predicted octanol–water partition coefficient (Wildman–Crippen LogP) is 5.37. The van der Waals surface area contributed by atoms with Crippen LogP contribution in [0.15, 0.2) is 42.6 Å². The van der Waals surface area contributed by atoms with E-state index in [4.69, 9.17) is 0 Å². The maximum atomic E-state index is 13.8. The highest BCUT2D eigenvalue weighted by Gasteiger charge is 2.51. The standard InChI is InChI=1S/C24H26F2N4O/c1-23(2)10-16-11-24(3,13-23)14-29(16)22(31)17-12-27-30-19(20(25)26)9-18(28-21(17)30)15-7-5-4-6-8-15/h4-9,12,16,20H,10-11,13-14H2,1-3H3/t16-,24-/m0/s1. The molecule has 2 aromatic heterocycles. The fraction of sp³-hybridized carbons (Fsp3) is 0.458. The fourth-order valence-corrected chi connectivity index (χ4v) is 5.90. The van der Waals surface area contributed by atoms with Gasteiger partial charge < -0.3 is 4.90 Å². The summed E-state index contributed by atoms with van der Waals surface area (Å²) in [6, 6.07) is 10.7. The highest BCUT2D eigenvalue weighted by molar-refractivity contribution is 6.00. The van der Waals surface area contributed by atoms with Crippen LogP contribution in [-0.2, 0) is 0 Å². The van der Waals surface area contributed by atoms with Crippen molar-refractivity contribution in [3.8, 4) is 11.3 Å². The fourth-order valence-electron chi connectivity index (χ4n) is 5.90. The van der Waals surface area contributed by atoms with Crippen molar-refractivity contribution in [1.82, 2.24) is 19.5 Å². The zero-order valence-corrected chi connectivity index (χ0v) is 18.0. The lowest BCUT2D eigenvalue weighted by Gasteiger charge is -2.39. The molecule has 31 heavy (non-hydrogen) atoms. The first kappa shape index (κ1) is 20.1. The maximum Gasteiger partial charge on any atom is 0.280 e. The van der Waals surface area contributed by atoms with Crippen molar-refractivity contribution < 1.29 is 13.6 Å². The van der Waals surface area contributed by atoms with Gasteiger partial charge in [-0.2, -0.15) is 5.10 Å². The average Bonchev–Trinajstić information content (AvgIpc) is 3.24. The smallest absolute Gasteiger partial charge is 0.280 e. The van der Waals surface area contributed by atoms with Crippen LogP contribution in [0.5, 0.6) is 0 Å². The van der Waals surface area contributed by atoms with E-state index in [2.05, 4.69) is 30.9 Å². The van der Waals surface area contributed by atoms with Gasteiger partial charge in [-0.25, -0.2) is 18.3 Å². The number of rotatable bonds is 3. The topological polar surface area (TPSA) is 50.5 Å². The van der Waals surface area contributed by atoms with E-state index >= 15 is 0 Å². The van der Waals surface area contributed by atoms with Gasteiger partial charge in [0.15, 0.2) is 5.65 Å². The van der Waals surface area contributed by atoms with E-state index in [0.717, 1.165) is 29.3 Å². The first-order valence-corrected chi connectivity index (χ1v) is 10.7. The molecule has 0 N–H and O–H groups in total. The maximum absolute atomic E-state index is 13.8. The number of likely N-dealkylation sites (tertiary alicyclic amines) is 1. The van der Waals surface area contributed by atoms with Gasteiger partial charge in [0.2, 0.25) is 0 Å². The molecule has 2 atom stereocenters. The number of fused-ring (bicyclic) bond motifs is 3. The molecule has 0 spiro atoms. The van der Waals surface area contributed by atoms with Gasteiger partial charge in [-0.15, -0.1) is 0 Å². The van der Waals surface area contributed by atoms with E-state index in [-0.39, 0.29) is 39.7 Å². The summed E-state index contributed by atoms with van der Waals surface area (Å²) in [6.07, 6.45) is 1.65. The molecule has 3 aromatic rings. The van der Waals surface area contributed by atoms with E-state index in [9.17, 15) is 13.6 Å². The lowest BCUT2D eigenvalue weighted by molar-refractivity contribution is 0.0709. The monoisotopic (exact) mass is 424 g/mol. The van der Waals surface area contributed by atoms with Crippen LogP contribution in [0, 0.1) is 10.8 Å². The first-order chi connectivity index (χ1) is 14.7. The number of hydrogen-bond acceptors (Lipinski definition) is 3. The van der Waals surface area contributed by atoms with Gasteiger partial charge in [0.25, 0.3) is 12.3 Å². The quantitative estimate of drug-likeness (QED) is 0.568. The molecule has 1 aliphatic carbocycles. The Labute approximate surface area is 180 Å². The molecule has 1 aliphatic heterocycles. The van der Waals surface area contributed by atoms with Crippen molar-refractivity contribution >= 4 is 11.6 Å². The Morgan fingerprint density at radius 1 is 1.16 bits per heavy atom. The van der Waals surface area contributed by atoms with E-state index in [1.165, 1.54) is 12.3 Å². The molecule has 0 unspecified atom stereocenters. The molecule has 1 saturated heterocycles. The predicted molar refractivity (Wildman–Crippen MR) is 114 cm³/mol. The first-order valence-electron chi connectivity index (χ1n) is 10.7. The van der Waals surface area contributed by atoms with Crippen LogP contribution in [-0.4, -0.2) is 38.0 Å². The molecule has 0 radical (unpaired) electrons. The van der Waals surface area contributed by atoms with Crippen molar-refractivity contribution in [3.05, 3.63) is 53.9 Å². The Morgan fingerprint density at radius 3 is 2.61 bits per heavy atom. The molecule has 1 aromatic carbocycles. The van der Waals surface area contributed by atoms with Gasteiger partial charge in [-0.1, -0.05) is 51.1 Å². The molecule has 2 aliphatic rings. The molecule has 3 heterocycles. The van der Waals surface area contributed by atoms with E-state index in [1.807, 2.05) is 35.2 Å². The largest absolute Gasteiger partial charge is 0.335 e. The molecule has 2 bridgehead atoms. The molecule has 5 rings (SSSR count). The number of alkyl halides is 2. The minimum Gasteiger partial charge on any atom is -0.335 e. The highest BCUT2D eigenvalue weighted by atomic mass is 19.3. The molecule has 162 valence electrons. The minimum atomic E-state index is -2.73. The number of hydrogen-bond donors (Lipinski definition) is 0. The van der Waals surface area contributed by atoms with E-state index in [0.29, 0.717) is 12.2 Å². The summed E-state index contributed by atoms with van der Waals surface area (Å²) in [4.78, 5) is 20.1. The Morgan fingerprint density at radius 2 is 1.90 bits per heavy atom. The third kappa shape index (κ3) is 3.40. The van der Waals surface area contributed by atoms with E-state index < -0.39 is 6.43 Å². The van der Waals surface area contributed by atoms with Crippen molar-refractivity contribution in [1.29, 1.82) is 0 Å². The van der Waals surface area contributed by atoms with Gasteiger partial charge >= 0.3 is 0 Å². The Balaban J connectivity index is 1.59. The van der Waals surface area contributed by atoms with Crippen LogP contribution in [0.1, 0.15) is 62.5 Å². The third-order valence-electron chi connectivity index (χ3n) is 6.70. The summed E-state index contributed by atoms with van der Waals surface area (Å²) >= 11 is 0. The molecule has 1 amide bonds. The van der Waals surface area contributed by atoms with Crippen LogP contribution >= 0.6 is 0 Å². The minimum absolute atomic E-state index is 0.0851. The molecule has 2 fully saturated rings. The summed E-state index contributed by atoms with van der Waals surface area (Å²) in [6.45, 7) is 7.43. The highest BCUT2D eigenvalue weighted by Crippen LogP contribution is 2.52. The molecular weight excluding hydrogens is 398 g/mol. The third-order valence-corrected chi connectivity index (χ3v) is 6.70. The zero-order chi connectivity index (χ0) is 22.0. The number of aromatic nitrogens is 3. The average molecular weight is 424 g/mol. The lowest BCUT2D eigenvalue weighted by Crippen LogP contribution is -2.37. The number of halogens is 2. The van der Waals surface area contributed by atoms with Crippen molar-refractivity contribution in [2.75, 3.05) is 6.54 Å². The number of carbonyl (C=O) groups is 1. The molecule has 7 heteroatoms. The second-order valence-electron chi connectivity index (χ2n) is 10.2. The Bertz CT molecular complexity index is 1160. The van der Waals surface area contributed by atoms with Gasteiger partial charge in [0.1, 0.15) is 11.3 Å². The number of benzene rings is 1. The normalized spacial score (nSPS) is 24.8. The van der Waals surface area contributed by atoms with Crippen LogP contribution in [0.4, 0.5) is 8.78 Å². The lowest BCUT2D eigenvalue weighted by atomic mass is 9.65. The summed E-state index contributed by atoms with van der Waals surface area (Å²) in [5.41, 5.74) is 1.60. The molecule has 5 nitrogen and oxygen atoms in total. The Hall–Kier alpha value is -2.83. The summed E-state index contributed by atoms with van der Waals surface area (Å²) in [7, 11) is 0. The molecule has 1 saturated carbocycles. The molecular formula is C24H26F2N4O. The zero-order valence-electron chi connectivity index (χ0n) is 18.0. The summed E-state index contributed by atoms with van der Waals surface area (Å²) in [5.74, 6) is -0.167. The van der Waals surface area contributed by atoms with Crippen LogP contribution in [0.2, 0.25) is 0 Å². The van der Waals surface area contributed by atoms with Crippen LogP contribution < -0.4 is 0 Å². The van der Waals surface area contributed by atoms with Crippen LogP contribution in [0.25, 0.3) is 16.9 Å². The number of nitrogens with zero attached hydrogens (tertiary/aromatic N) is 4. The van der Waals surface area contributed by atoms with Gasteiger partial charge in [0.05, 0.1) is 11.9 Å². The number of carbonyl (C=O) groups excluding carboxylic acids is 1. The Kier molecular flexibility index (Phi) is 4.43. The second-order valence-corrected chi connectivity index (χ2v) is 10.2. The van der Waals surface area contributed by atoms with Crippen LogP contribution in [0.3, 0.4) is 0 Å². The summed E-state index contributed by atoms with van der Waals surface area (Å²) in [5, 5.41) is 4.13. The van der Waals surface area contributed by atoms with Crippen molar-refractivity contribution in [2.24, 2.45) is 10.8 Å². The summed E-state index contributed by atoms with van der Waals surface area (Å²) < 4.78 is 28.8.